The molecule has 96 valence electrons. The quantitative estimate of drug-likeness (QED) is 0.904. The van der Waals surface area contributed by atoms with Crippen LogP contribution in [0.1, 0.15) is 10.4 Å². The molecule has 0 aliphatic carbocycles. The molecule has 1 aromatic carbocycles. The fourth-order valence-electron chi connectivity index (χ4n) is 1.42. The van der Waals surface area contributed by atoms with Gasteiger partial charge >= 0.3 is 0 Å². The van der Waals surface area contributed by atoms with Gasteiger partial charge in [-0.05, 0) is 36.8 Å². The standard InChI is InChI=1S/C12H13NO3S2/c1-9-2-7-12(17-9)18(15,16)13-8-10-3-5-11(14)6-4-10/h2-7,13-14H,8H2,1H3. The van der Waals surface area contributed by atoms with Gasteiger partial charge in [0.1, 0.15) is 9.96 Å². The first-order valence-electron chi connectivity index (χ1n) is 5.31. The fourth-order valence-corrected chi connectivity index (χ4v) is 3.77. The van der Waals surface area contributed by atoms with Crippen molar-refractivity contribution in [1.29, 1.82) is 0 Å². The maximum atomic E-state index is 11.9. The molecule has 0 unspecified atom stereocenters. The van der Waals surface area contributed by atoms with E-state index in [-0.39, 0.29) is 12.3 Å². The lowest BCUT2D eigenvalue weighted by atomic mass is 10.2. The monoisotopic (exact) mass is 283 g/mol. The van der Waals surface area contributed by atoms with Gasteiger partial charge in [-0.25, -0.2) is 13.1 Å². The first kappa shape index (κ1) is 13.1. The predicted octanol–water partition coefficient (Wildman–Crippen LogP) is 2.24. The SMILES string of the molecule is Cc1ccc(S(=O)(=O)NCc2ccc(O)cc2)s1. The van der Waals surface area contributed by atoms with Gasteiger partial charge in [-0.3, -0.25) is 0 Å². The van der Waals surface area contributed by atoms with Gasteiger partial charge in [-0.2, -0.15) is 0 Å². The first-order valence-corrected chi connectivity index (χ1v) is 7.61. The van der Waals surface area contributed by atoms with E-state index in [0.29, 0.717) is 4.21 Å². The summed E-state index contributed by atoms with van der Waals surface area (Å²) in [5, 5.41) is 9.13. The molecule has 2 N–H and O–H groups in total. The molecule has 0 saturated heterocycles. The second kappa shape index (κ2) is 5.09. The number of benzene rings is 1. The van der Waals surface area contributed by atoms with Crippen molar-refractivity contribution in [3.05, 3.63) is 46.8 Å². The minimum atomic E-state index is -3.44. The van der Waals surface area contributed by atoms with Crippen molar-refractivity contribution in [3.63, 3.8) is 0 Å². The fraction of sp³-hybridized carbons (Fsp3) is 0.167. The average Bonchev–Trinajstić information content (AvgIpc) is 2.76. The summed E-state index contributed by atoms with van der Waals surface area (Å²) >= 11 is 1.24. The van der Waals surface area contributed by atoms with Gasteiger partial charge in [-0.15, -0.1) is 11.3 Å². The molecule has 6 heteroatoms. The van der Waals surface area contributed by atoms with Crippen molar-refractivity contribution in [2.45, 2.75) is 17.7 Å². The Bertz CT molecular complexity index is 630. The van der Waals surface area contributed by atoms with Crippen LogP contribution in [-0.2, 0) is 16.6 Å². The third-order valence-corrected chi connectivity index (χ3v) is 5.28. The molecule has 0 aliphatic heterocycles. The molecular formula is C12H13NO3S2. The van der Waals surface area contributed by atoms with Crippen molar-refractivity contribution in [1.82, 2.24) is 4.72 Å². The van der Waals surface area contributed by atoms with E-state index < -0.39 is 10.0 Å². The molecule has 0 bridgehead atoms. The average molecular weight is 283 g/mol. The Kier molecular flexibility index (Phi) is 3.70. The van der Waals surface area contributed by atoms with E-state index in [1.807, 2.05) is 6.92 Å². The Hall–Kier alpha value is -1.37. The maximum absolute atomic E-state index is 11.9. The number of phenolic OH excluding ortho intramolecular Hbond substituents is 1. The highest BCUT2D eigenvalue weighted by Crippen LogP contribution is 2.20. The van der Waals surface area contributed by atoms with Gasteiger partial charge in [0.15, 0.2) is 0 Å². The first-order chi connectivity index (χ1) is 8.47. The van der Waals surface area contributed by atoms with Crippen molar-refractivity contribution >= 4 is 21.4 Å². The van der Waals surface area contributed by atoms with Crippen molar-refractivity contribution in [2.24, 2.45) is 0 Å². The second-order valence-corrected chi connectivity index (χ2v) is 7.14. The van der Waals surface area contributed by atoms with Gasteiger partial charge < -0.3 is 5.11 Å². The normalized spacial score (nSPS) is 11.6. The largest absolute Gasteiger partial charge is 0.508 e. The molecule has 4 nitrogen and oxygen atoms in total. The lowest BCUT2D eigenvalue weighted by molar-refractivity contribution is 0.475. The molecule has 0 saturated carbocycles. The van der Waals surface area contributed by atoms with Gasteiger partial charge in [0, 0.05) is 11.4 Å². The lowest BCUT2D eigenvalue weighted by Crippen LogP contribution is -2.22. The van der Waals surface area contributed by atoms with Crippen LogP contribution in [0.4, 0.5) is 0 Å². The Morgan fingerprint density at radius 2 is 1.83 bits per heavy atom. The predicted molar refractivity (Wildman–Crippen MR) is 71.2 cm³/mol. The molecule has 0 radical (unpaired) electrons. The summed E-state index contributed by atoms with van der Waals surface area (Å²) in [6.07, 6.45) is 0. The van der Waals surface area contributed by atoms with Crippen molar-refractivity contribution in [2.75, 3.05) is 0 Å². The molecule has 0 atom stereocenters. The van der Waals surface area contributed by atoms with E-state index in [0.717, 1.165) is 10.4 Å². The van der Waals surface area contributed by atoms with E-state index in [1.165, 1.54) is 23.5 Å². The number of aromatic hydroxyl groups is 1. The van der Waals surface area contributed by atoms with Crippen LogP contribution in [0.2, 0.25) is 0 Å². The number of rotatable bonds is 4. The summed E-state index contributed by atoms with van der Waals surface area (Å²) in [5.41, 5.74) is 0.796. The second-order valence-electron chi connectivity index (χ2n) is 3.86. The molecule has 0 fully saturated rings. The number of nitrogens with one attached hydrogen (secondary N) is 1. The van der Waals surface area contributed by atoms with Crippen LogP contribution in [-0.4, -0.2) is 13.5 Å². The zero-order valence-corrected chi connectivity index (χ0v) is 11.4. The van der Waals surface area contributed by atoms with E-state index in [2.05, 4.69) is 4.72 Å². The summed E-state index contributed by atoms with van der Waals surface area (Å²) in [4.78, 5) is 0.958. The van der Waals surface area contributed by atoms with Gasteiger partial charge in [0.2, 0.25) is 10.0 Å². The molecule has 0 spiro atoms. The lowest BCUT2D eigenvalue weighted by Gasteiger charge is -2.04. The van der Waals surface area contributed by atoms with E-state index in [9.17, 15) is 8.42 Å². The molecule has 1 heterocycles. The Morgan fingerprint density at radius 1 is 1.17 bits per heavy atom. The highest BCUT2D eigenvalue weighted by molar-refractivity contribution is 7.91. The number of sulfonamides is 1. The van der Waals surface area contributed by atoms with Crippen molar-refractivity contribution in [3.8, 4) is 5.75 Å². The highest BCUT2D eigenvalue weighted by atomic mass is 32.2. The van der Waals surface area contributed by atoms with Crippen LogP contribution in [0.5, 0.6) is 5.75 Å². The zero-order valence-electron chi connectivity index (χ0n) is 9.75. The van der Waals surface area contributed by atoms with Crippen LogP contribution in [0, 0.1) is 6.92 Å². The summed E-state index contributed by atoms with van der Waals surface area (Å²) in [5.74, 6) is 0.162. The summed E-state index contributed by atoms with van der Waals surface area (Å²) in [7, 11) is -3.44. The summed E-state index contributed by atoms with van der Waals surface area (Å²) < 4.78 is 26.7. The minimum Gasteiger partial charge on any atom is -0.508 e. The molecule has 2 aromatic rings. The van der Waals surface area contributed by atoms with Crippen molar-refractivity contribution < 1.29 is 13.5 Å². The molecule has 0 amide bonds. The molecule has 2 rings (SSSR count). The molecular weight excluding hydrogens is 270 g/mol. The van der Waals surface area contributed by atoms with Crippen LogP contribution in [0.15, 0.2) is 40.6 Å². The molecule has 1 aromatic heterocycles. The van der Waals surface area contributed by atoms with Gasteiger partial charge in [0.25, 0.3) is 0 Å². The highest BCUT2D eigenvalue weighted by Gasteiger charge is 2.15. The van der Waals surface area contributed by atoms with E-state index in [4.69, 9.17) is 5.11 Å². The Balaban J connectivity index is 2.08. The molecule has 18 heavy (non-hydrogen) atoms. The summed E-state index contributed by atoms with van der Waals surface area (Å²) in [6.45, 7) is 2.07. The van der Waals surface area contributed by atoms with Crippen LogP contribution >= 0.6 is 11.3 Å². The van der Waals surface area contributed by atoms with Crippen LogP contribution in [0.25, 0.3) is 0 Å². The van der Waals surface area contributed by atoms with Crippen LogP contribution in [0.3, 0.4) is 0 Å². The number of hydrogen-bond acceptors (Lipinski definition) is 4. The number of hydrogen-bond donors (Lipinski definition) is 2. The zero-order chi connectivity index (χ0) is 13.2. The van der Waals surface area contributed by atoms with Crippen LogP contribution < -0.4 is 4.72 Å². The maximum Gasteiger partial charge on any atom is 0.250 e. The summed E-state index contributed by atoms with van der Waals surface area (Å²) in [6, 6.07) is 9.78. The van der Waals surface area contributed by atoms with E-state index >= 15 is 0 Å². The van der Waals surface area contributed by atoms with E-state index in [1.54, 1.807) is 24.3 Å². The Morgan fingerprint density at radius 3 is 2.39 bits per heavy atom. The number of thiophene rings is 1. The Labute approximate surface area is 110 Å². The third-order valence-electron chi connectivity index (χ3n) is 2.38. The van der Waals surface area contributed by atoms with Gasteiger partial charge in [0.05, 0.1) is 0 Å². The number of phenols is 1. The molecule has 0 aliphatic rings. The minimum absolute atomic E-state index is 0.162. The third kappa shape index (κ3) is 3.10. The van der Waals surface area contributed by atoms with Gasteiger partial charge in [-0.1, -0.05) is 12.1 Å². The topological polar surface area (TPSA) is 66.4 Å². The number of aryl methyl sites for hydroxylation is 1. The smallest absolute Gasteiger partial charge is 0.250 e.